The lowest BCUT2D eigenvalue weighted by Gasteiger charge is -2.23. The second-order valence-electron chi connectivity index (χ2n) is 3.18. The number of rotatable bonds is 1. The van der Waals surface area contributed by atoms with E-state index in [-0.39, 0.29) is 12.0 Å². The Kier molecular flexibility index (Phi) is 2.44. The zero-order valence-electron chi connectivity index (χ0n) is 6.47. The van der Waals surface area contributed by atoms with Crippen molar-refractivity contribution < 1.29 is 4.79 Å². The third kappa shape index (κ3) is 1.57. The van der Waals surface area contributed by atoms with E-state index >= 15 is 0 Å². The smallest absolute Gasteiger partial charge is 0.137 e. The van der Waals surface area contributed by atoms with E-state index in [1.54, 1.807) is 0 Å². The summed E-state index contributed by atoms with van der Waals surface area (Å²) >= 11 is 0. The number of nitrogens with two attached hydrogens (primary N) is 1. The number of Topliss-reactive ketones (excluding diaryl/α,β-unsaturated/α-hetero) is 1. The number of ketones is 1. The van der Waals surface area contributed by atoms with E-state index in [2.05, 4.69) is 0 Å². The molecule has 58 valence electrons. The molecule has 1 fully saturated rings. The third-order valence-electron chi connectivity index (χ3n) is 2.24. The quantitative estimate of drug-likeness (QED) is 0.594. The van der Waals surface area contributed by atoms with Crippen molar-refractivity contribution >= 4 is 5.78 Å². The molecule has 0 saturated heterocycles. The van der Waals surface area contributed by atoms with Gasteiger partial charge in [-0.25, -0.2) is 0 Å². The van der Waals surface area contributed by atoms with Crippen molar-refractivity contribution in [2.45, 2.75) is 38.6 Å². The van der Waals surface area contributed by atoms with Gasteiger partial charge in [0, 0.05) is 18.4 Å². The minimum Gasteiger partial charge on any atom is -0.327 e. The van der Waals surface area contributed by atoms with Crippen LogP contribution in [0.3, 0.4) is 0 Å². The lowest BCUT2D eigenvalue weighted by molar-refractivity contribution is -0.125. The van der Waals surface area contributed by atoms with Crippen LogP contribution in [0, 0.1) is 5.92 Å². The molecule has 10 heavy (non-hydrogen) atoms. The van der Waals surface area contributed by atoms with E-state index in [4.69, 9.17) is 5.73 Å². The van der Waals surface area contributed by atoms with Crippen LogP contribution in [0.1, 0.15) is 32.6 Å². The zero-order valence-corrected chi connectivity index (χ0v) is 6.47. The molecule has 0 spiro atoms. The van der Waals surface area contributed by atoms with Gasteiger partial charge in [-0.2, -0.15) is 0 Å². The maximum Gasteiger partial charge on any atom is 0.137 e. The minimum absolute atomic E-state index is 0.0628. The molecular weight excluding hydrogens is 126 g/mol. The number of hydrogen-bond acceptors (Lipinski definition) is 2. The summed E-state index contributed by atoms with van der Waals surface area (Å²) in [5.74, 6) is 0.537. The van der Waals surface area contributed by atoms with Crippen LogP contribution < -0.4 is 5.73 Å². The van der Waals surface area contributed by atoms with Gasteiger partial charge in [0.25, 0.3) is 0 Å². The van der Waals surface area contributed by atoms with Gasteiger partial charge < -0.3 is 5.73 Å². The molecule has 1 aliphatic carbocycles. The van der Waals surface area contributed by atoms with Crippen molar-refractivity contribution in [2.24, 2.45) is 11.7 Å². The van der Waals surface area contributed by atoms with Gasteiger partial charge in [0.05, 0.1) is 0 Å². The fourth-order valence-electron chi connectivity index (χ4n) is 1.57. The molecule has 1 saturated carbocycles. The molecule has 0 aromatic rings. The Hall–Kier alpha value is -0.370. The lowest BCUT2D eigenvalue weighted by atomic mass is 9.84. The first-order chi connectivity index (χ1) is 4.72. The number of carbonyl (C=O) groups excluding carboxylic acids is 1. The Bertz CT molecular complexity index is 131. The van der Waals surface area contributed by atoms with E-state index in [1.165, 1.54) is 6.42 Å². The Morgan fingerprint density at radius 2 is 2.30 bits per heavy atom. The van der Waals surface area contributed by atoms with Crippen molar-refractivity contribution in [3.63, 3.8) is 0 Å². The monoisotopic (exact) mass is 141 g/mol. The van der Waals surface area contributed by atoms with E-state index in [0.29, 0.717) is 5.78 Å². The Balaban J connectivity index is 2.48. The van der Waals surface area contributed by atoms with Crippen molar-refractivity contribution in [1.82, 2.24) is 0 Å². The molecule has 1 aliphatic rings. The molecule has 2 unspecified atom stereocenters. The van der Waals surface area contributed by atoms with Gasteiger partial charge in [-0.05, 0) is 19.8 Å². The molecular formula is C8H15NO. The Morgan fingerprint density at radius 3 is 2.70 bits per heavy atom. The fraction of sp³-hybridized carbons (Fsp3) is 0.875. The summed E-state index contributed by atoms with van der Waals surface area (Å²) in [7, 11) is 0. The van der Waals surface area contributed by atoms with Gasteiger partial charge in [0.1, 0.15) is 5.78 Å². The highest BCUT2D eigenvalue weighted by molar-refractivity contribution is 5.82. The predicted octanol–water partition coefficient (Wildman–Crippen LogP) is 1.09. The van der Waals surface area contributed by atoms with Crippen LogP contribution in [0.15, 0.2) is 0 Å². The maximum atomic E-state index is 11.2. The van der Waals surface area contributed by atoms with Crippen molar-refractivity contribution in [2.75, 3.05) is 0 Å². The molecule has 0 aromatic heterocycles. The molecule has 2 N–H and O–H groups in total. The van der Waals surface area contributed by atoms with Crippen LogP contribution >= 0.6 is 0 Å². The summed E-state index contributed by atoms with van der Waals surface area (Å²) in [6.07, 6.45) is 4.02. The first-order valence-electron chi connectivity index (χ1n) is 4.00. The summed E-state index contributed by atoms with van der Waals surface area (Å²) in [5.41, 5.74) is 5.64. The van der Waals surface area contributed by atoms with Gasteiger partial charge in [0.15, 0.2) is 0 Å². The number of hydrogen-bond donors (Lipinski definition) is 1. The van der Waals surface area contributed by atoms with Gasteiger partial charge in [-0.15, -0.1) is 0 Å². The lowest BCUT2D eigenvalue weighted by Crippen LogP contribution is -2.34. The highest BCUT2D eigenvalue weighted by Gasteiger charge is 2.24. The second-order valence-corrected chi connectivity index (χ2v) is 3.18. The molecule has 2 atom stereocenters. The maximum absolute atomic E-state index is 11.2. The predicted molar refractivity (Wildman–Crippen MR) is 40.6 cm³/mol. The van der Waals surface area contributed by atoms with Crippen molar-refractivity contribution in [3.8, 4) is 0 Å². The van der Waals surface area contributed by atoms with Crippen LogP contribution in [-0.2, 0) is 4.79 Å². The largest absolute Gasteiger partial charge is 0.327 e. The summed E-state index contributed by atoms with van der Waals surface area (Å²) < 4.78 is 0. The summed E-state index contributed by atoms with van der Waals surface area (Å²) in [6.45, 7) is 1.92. The van der Waals surface area contributed by atoms with Crippen LogP contribution in [0.4, 0.5) is 0 Å². The molecule has 1 rings (SSSR count). The summed E-state index contributed by atoms with van der Waals surface area (Å²) in [5, 5.41) is 0. The van der Waals surface area contributed by atoms with Crippen LogP contribution in [0.5, 0.6) is 0 Å². The molecule has 0 aliphatic heterocycles. The highest BCUT2D eigenvalue weighted by Crippen LogP contribution is 2.22. The molecule has 0 amide bonds. The topological polar surface area (TPSA) is 43.1 Å². The van der Waals surface area contributed by atoms with Crippen LogP contribution in [0.2, 0.25) is 0 Å². The number of carbonyl (C=O) groups is 1. The Labute approximate surface area is 61.8 Å². The fourth-order valence-corrected chi connectivity index (χ4v) is 1.57. The van der Waals surface area contributed by atoms with Gasteiger partial charge >= 0.3 is 0 Å². The normalized spacial score (nSPS) is 30.2. The van der Waals surface area contributed by atoms with Gasteiger partial charge in [0.2, 0.25) is 0 Å². The first-order valence-corrected chi connectivity index (χ1v) is 4.00. The molecule has 0 radical (unpaired) electrons. The summed E-state index contributed by atoms with van der Waals surface area (Å²) in [4.78, 5) is 11.2. The summed E-state index contributed by atoms with van der Waals surface area (Å²) in [6, 6.07) is 0.0628. The molecule has 2 nitrogen and oxygen atoms in total. The van der Waals surface area contributed by atoms with Crippen LogP contribution in [0.25, 0.3) is 0 Å². The van der Waals surface area contributed by atoms with E-state index < -0.39 is 0 Å². The first kappa shape index (κ1) is 7.73. The van der Waals surface area contributed by atoms with Crippen molar-refractivity contribution in [1.29, 1.82) is 0 Å². The van der Waals surface area contributed by atoms with Gasteiger partial charge in [-0.3, -0.25) is 4.79 Å². The zero-order chi connectivity index (χ0) is 7.56. The standard InChI is InChI=1S/C8H15NO/c1-6(9)7-4-2-3-5-8(7)10/h6-7H,2-5,9H2,1H3. The highest BCUT2D eigenvalue weighted by atomic mass is 16.1. The third-order valence-corrected chi connectivity index (χ3v) is 2.24. The molecule has 2 heteroatoms. The van der Waals surface area contributed by atoms with Crippen LogP contribution in [-0.4, -0.2) is 11.8 Å². The van der Waals surface area contributed by atoms with Crippen molar-refractivity contribution in [3.05, 3.63) is 0 Å². The second kappa shape index (κ2) is 3.15. The van der Waals surface area contributed by atoms with E-state index in [1.807, 2.05) is 6.92 Å². The molecule has 0 aromatic carbocycles. The molecule has 0 heterocycles. The molecule has 0 bridgehead atoms. The minimum atomic E-state index is 0.0628. The Morgan fingerprint density at radius 1 is 1.60 bits per heavy atom. The van der Waals surface area contributed by atoms with E-state index in [9.17, 15) is 4.79 Å². The van der Waals surface area contributed by atoms with E-state index in [0.717, 1.165) is 19.3 Å². The average molecular weight is 141 g/mol. The SMILES string of the molecule is CC(N)C1CCCCC1=O. The van der Waals surface area contributed by atoms with Gasteiger partial charge in [-0.1, -0.05) is 6.42 Å². The average Bonchev–Trinajstić information content (AvgIpc) is 1.88.